The second-order valence-electron chi connectivity index (χ2n) is 4.36. The number of rotatable bonds is 5. The number of halogens is 1. The third-order valence-electron chi connectivity index (χ3n) is 2.86. The van der Waals surface area contributed by atoms with Crippen LogP contribution in [0.25, 0.3) is 0 Å². The van der Waals surface area contributed by atoms with Gasteiger partial charge in [0, 0.05) is 4.47 Å². The maximum atomic E-state index is 5.77. The summed E-state index contributed by atoms with van der Waals surface area (Å²) in [7, 11) is 0. The molecular formula is C15H18BrNO. The molecule has 1 heterocycles. The molecule has 1 N–H and O–H groups in total. The summed E-state index contributed by atoms with van der Waals surface area (Å²) in [5.41, 5.74) is 1.21. The zero-order valence-electron chi connectivity index (χ0n) is 10.7. The standard InChI is InChI=1S/C15H18BrNO/c1-3-10-17-15(14-9-8-11(2)18-14)12-6-4-5-7-13(12)16/h4-9,15,17H,3,10H2,1-2H3. The van der Waals surface area contributed by atoms with E-state index in [4.69, 9.17) is 4.42 Å². The third-order valence-corrected chi connectivity index (χ3v) is 3.58. The fraction of sp³-hybridized carbons (Fsp3) is 0.333. The largest absolute Gasteiger partial charge is 0.464 e. The van der Waals surface area contributed by atoms with Crippen molar-refractivity contribution in [2.45, 2.75) is 26.3 Å². The van der Waals surface area contributed by atoms with Crippen LogP contribution < -0.4 is 5.32 Å². The van der Waals surface area contributed by atoms with Crippen LogP contribution in [0.3, 0.4) is 0 Å². The molecule has 0 bridgehead atoms. The summed E-state index contributed by atoms with van der Waals surface area (Å²) in [5, 5.41) is 3.53. The zero-order chi connectivity index (χ0) is 13.0. The molecule has 0 aliphatic heterocycles. The van der Waals surface area contributed by atoms with Crippen LogP contribution in [-0.2, 0) is 0 Å². The number of hydrogen-bond acceptors (Lipinski definition) is 2. The second kappa shape index (κ2) is 6.21. The molecule has 0 saturated heterocycles. The zero-order valence-corrected chi connectivity index (χ0v) is 12.3. The molecule has 0 saturated carbocycles. The maximum absolute atomic E-state index is 5.77. The lowest BCUT2D eigenvalue weighted by molar-refractivity contribution is 0.430. The number of hydrogen-bond donors (Lipinski definition) is 1. The van der Waals surface area contributed by atoms with Crippen LogP contribution in [0, 0.1) is 6.92 Å². The predicted molar refractivity (Wildman–Crippen MR) is 77.7 cm³/mol. The molecule has 0 aliphatic rings. The van der Waals surface area contributed by atoms with Crippen LogP contribution in [0.1, 0.15) is 36.5 Å². The first kappa shape index (κ1) is 13.4. The Morgan fingerprint density at radius 3 is 2.61 bits per heavy atom. The molecule has 18 heavy (non-hydrogen) atoms. The monoisotopic (exact) mass is 307 g/mol. The minimum atomic E-state index is 0.106. The molecule has 2 aromatic rings. The van der Waals surface area contributed by atoms with Crippen molar-refractivity contribution < 1.29 is 4.42 Å². The molecule has 2 rings (SSSR count). The topological polar surface area (TPSA) is 25.2 Å². The smallest absolute Gasteiger partial charge is 0.125 e. The van der Waals surface area contributed by atoms with Gasteiger partial charge in [-0.3, -0.25) is 0 Å². The summed E-state index contributed by atoms with van der Waals surface area (Å²) in [6.45, 7) is 5.10. The molecule has 0 amide bonds. The van der Waals surface area contributed by atoms with E-state index in [1.807, 2.05) is 25.1 Å². The van der Waals surface area contributed by atoms with Crippen LogP contribution >= 0.6 is 15.9 Å². The Balaban J connectivity index is 2.33. The first-order valence-corrected chi connectivity index (χ1v) is 7.05. The average Bonchev–Trinajstić information content (AvgIpc) is 2.78. The van der Waals surface area contributed by atoms with Crippen LogP contribution in [0.15, 0.2) is 45.3 Å². The summed E-state index contributed by atoms with van der Waals surface area (Å²) >= 11 is 3.61. The van der Waals surface area contributed by atoms with Crippen molar-refractivity contribution in [2.24, 2.45) is 0 Å². The van der Waals surface area contributed by atoms with Gasteiger partial charge in [0.2, 0.25) is 0 Å². The number of furan rings is 1. The molecule has 0 radical (unpaired) electrons. The summed E-state index contributed by atoms with van der Waals surface area (Å²) in [4.78, 5) is 0. The Labute approximate surface area is 117 Å². The lowest BCUT2D eigenvalue weighted by Gasteiger charge is -2.18. The van der Waals surface area contributed by atoms with E-state index in [1.165, 1.54) is 5.56 Å². The molecule has 1 aromatic carbocycles. The van der Waals surface area contributed by atoms with Gasteiger partial charge in [-0.25, -0.2) is 0 Å². The predicted octanol–water partition coefficient (Wildman–Crippen LogP) is 4.44. The quantitative estimate of drug-likeness (QED) is 0.883. The van der Waals surface area contributed by atoms with Crippen molar-refractivity contribution in [3.8, 4) is 0 Å². The van der Waals surface area contributed by atoms with Crippen LogP contribution in [0.2, 0.25) is 0 Å². The summed E-state index contributed by atoms with van der Waals surface area (Å²) in [6, 6.07) is 12.4. The number of aryl methyl sites for hydroxylation is 1. The molecule has 96 valence electrons. The van der Waals surface area contributed by atoms with Crippen molar-refractivity contribution in [2.75, 3.05) is 6.54 Å². The van der Waals surface area contributed by atoms with Gasteiger partial charge in [-0.05, 0) is 43.7 Å². The SMILES string of the molecule is CCCNC(c1ccc(C)o1)c1ccccc1Br. The Morgan fingerprint density at radius 1 is 1.22 bits per heavy atom. The minimum absolute atomic E-state index is 0.106. The van der Waals surface area contributed by atoms with Gasteiger partial charge in [0.15, 0.2) is 0 Å². The second-order valence-corrected chi connectivity index (χ2v) is 5.21. The van der Waals surface area contributed by atoms with Crippen molar-refractivity contribution in [3.63, 3.8) is 0 Å². The number of benzene rings is 1. The van der Waals surface area contributed by atoms with Gasteiger partial charge in [-0.1, -0.05) is 41.1 Å². The van der Waals surface area contributed by atoms with E-state index in [0.717, 1.165) is 29.0 Å². The van der Waals surface area contributed by atoms with E-state index < -0.39 is 0 Å². The van der Waals surface area contributed by atoms with Gasteiger partial charge in [-0.15, -0.1) is 0 Å². The van der Waals surface area contributed by atoms with E-state index in [-0.39, 0.29) is 6.04 Å². The molecule has 0 spiro atoms. The molecule has 0 aliphatic carbocycles. The van der Waals surface area contributed by atoms with E-state index >= 15 is 0 Å². The Bertz CT molecular complexity index is 507. The lowest BCUT2D eigenvalue weighted by Crippen LogP contribution is -2.23. The Kier molecular flexibility index (Phi) is 4.61. The molecular weight excluding hydrogens is 290 g/mol. The molecule has 0 fully saturated rings. The van der Waals surface area contributed by atoms with Crippen molar-refractivity contribution in [3.05, 3.63) is 58.0 Å². The van der Waals surface area contributed by atoms with Gasteiger partial charge in [0.1, 0.15) is 11.5 Å². The van der Waals surface area contributed by atoms with Crippen molar-refractivity contribution in [1.29, 1.82) is 0 Å². The summed E-state index contributed by atoms with van der Waals surface area (Å²) in [6.07, 6.45) is 1.10. The van der Waals surface area contributed by atoms with Crippen LogP contribution in [0.4, 0.5) is 0 Å². The van der Waals surface area contributed by atoms with Crippen LogP contribution in [0.5, 0.6) is 0 Å². The highest BCUT2D eigenvalue weighted by molar-refractivity contribution is 9.10. The molecule has 1 atom stereocenters. The fourth-order valence-electron chi connectivity index (χ4n) is 1.97. The first-order valence-electron chi connectivity index (χ1n) is 6.26. The lowest BCUT2D eigenvalue weighted by atomic mass is 10.0. The first-order chi connectivity index (χ1) is 8.72. The molecule has 1 aromatic heterocycles. The van der Waals surface area contributed by atoms with Crippen LogP contribution in [-0.4, -0.2) is 6.54 Å². The van der Waals surface area contributed by atoms with E-state index in [0.29, 0.717) is 0 Å². The third kappa shape index (κ3) is 3.03. The van der Waals surface area contributed by atoms with E-state index in [2.05, 4.69) is 46.4 Å². The number of nitrogens with one attached hydrogen (secondary N) is 1. The normalized spacial score (nSPS) is 12.6. The highest BCUT2D eigenvalue weighted by Gasteiger charge is 2.18. The minimum Gasteiger partial charge on any atom is -0.464 e. The van der Waals surface area contributed by atoms with E-state index in [9.17, 15) is 0 Å². The molecule has 2 nitrogen and oxygen atoms in total. The molecule has 3 heteroatoms. The molecule has 1 unspecified atom stereocenters. The van der Waals surface area contributed by atoms with Gasteiger partial charge in [0.25, 0.3) is 0 Å². The summed E-state index contributed by atoms with van der Waals surface area (Å²) in [5.74, 6) is 1.91. The highest BCUT2D eigenvalue weighted by Crippen LogP contribution is 2.29. The van der Waals surface area contributed by atoms with Crippen molar-refractivity contribution in [1.82, 2.24) is 5.32 Å². The Morgan fingerprint density at radius 2 is 2.00 bits per heavy atom. The van der Waals surface area contributed by atoms with Gasteiger partial charge in [-0.2, -0.15) is 0 Å². The van der Waals surface area contributed by atoms with E-state index in [1.54, 1.807) is 0 Å². The summed E-state index contributed by atoms with van der Waals surface area (Å²) < 4.78 is 6.87. The average molecular weight is 308 g/mol. The van der Waals surface area contributed by atoms with Gasteiger partial charge >= 0.3 is 0 Å². The highest BCUT2D eigenvalue weighted by atomic mass is 79.9. The Hall–Kier alpha value is -1.06. The van der Waals surface area contributed by atoms with Gasteiger partial charge < -0.3 is 9.73 Å². The maximum Gasteiger partial charge on any atom is 0.125 e. The van der Waals surface area contributed by atoms with Crippen molar-refractivity contribution >= 4 is 15.9 Å². The van der Waals surface area contributed by atoms with Gasteiger partial charge in [0.05, 0.1) is 6.04 Å². The fourth-order valence-corrected chi connectivity index (χ4v) is 2.48.